The quantitative estimate of drug-likeness (QED) is 0.600. The molecule has 1 saturated carbocycles. The van der Waals surface area contributed by atoms with Gasteiger partial charge in [-0.15, -0.1) is 0 Å². The summed E-state index contributed by atoms with van der Waals surface area (Å²) in [7, 11) is 0.254. The number of benzene rings is 1. The smallest absolute Gasteiger partial charge is 0.243 e. The Morgan fingerprint density at radius 1 is 1.00 bits per heavy atom. The van der Waals surface area contributed by atoms with Crippen molar-refractivity contribution in [3.63, 3.8) is 0 Å². The molecule has 5 rings (SSSR count). The average molecular weight is 519 g/mol. The van der Waals surface area contributed by atoms with E-state index >= 15 is 0 Å². The Balaban J connectivity index is 1.35. The molecule has 0 atom stereocenters. The van der Waals surface area contributed by atoms with Crippen LogP contribution in [-0.4, -0.2) is 80.5 Å². The van der Waals surface area contributed by atoms with Crippen LogP contribution in [0, 0.1) is 0 Å². The highest BCUT2D eigenvalue weighted by atomic mass is 35.5. The van der Waals surface area contributed by atoms with Crippen LogP contribution >= 0.6 is 11.6 Å². The van der Waals surface area contributed by atoms with E-state index in [1.807, 2.05) is 19.0 Å². The van der Waals surface area contributed by atoms with Crippen LogP contribution < -0.4 is 9.80 Å². The molecule has 0 N–H and O–H groups in total. The maximum atomic E-state index is 13.3. The van der Waals surface area contributed by atoms with Gasteiger partial charge in [0.15, 0.2) is 0 Å². The number of hydrogen-bond donors (Lipinski definition) is 0. The molecule has 1 aromatic heterocycles. The SMILES string of the molecule is CN(C)c1nc(N2CCN(C3CCCCC3)CC2)nc2c1CN(S(=O)(=O)c1cccc(Cl)c1)CC2. The number of aromatic nitrogens is 2. The van der Waals surface area contributed by atoms with Crippen molar-refractivity contribution in [1.82, 2.24) is 19.2 Å². The Morgan fingerprint density at radius 3 is 2.43 bits per heavy atom. The molecule has 0 spiro atoms. The Kier molecular flexibility index (Phi) is 7.21. The normalized spacial score (nSPS) is 20.6. The number of anilines is 2. The van der Waals surface area contributed by atoms with Crippen LogP contribution in [0.1, 0.15) is 43.4 Å². The molecule has 10 heteroatoms. The summed E-state index contributed by atoms with van der Waals surface area (Å²) in [5.41, 5.74) is 1.84. The van der Waals surface area contributed by atoms with Gasteiger partial charge in [0.2, 0.25) is 16.0 Å². The maximum absolute atomic E-state index is 13.3. The molecule has 2 fully saturated rings. The largest absolute Gasteiger partial charge is 0.362 e. The van der Waals surface area contributed by atoms with Crippen LogP contribution in [0.3, 0.4) is 0 Å². The summed E-state index contributed by atoms with van der Waals surface area (Å²) < 4.78 is 28.1. The summed E-state index contributed by atoms with van der Waals surface area (Å²) in [6.45, 7) is 4.60. The van der Waals surface area contributed by atoms with Crippen molar-refractivity contribution in [2.75, 3.05) is 56.6 Å². The van der Waals surface area contributed by atoms with E-state index in [0.29, 0.717) is 18.0 Å². The van der Waals surface area contributed by atoms with Crippen molar-refractivity contribution < 1.29 is 8.42 Å². The van der Waals surface area contributed by atoms with E-state index in [1.54, 1.807) is 18.2 Å². The van der Waals surface area contributed by atoms with Gasteiger partial charge in [0, 0.05) is 76.4 Å². The predicted octanol–water partition coefficient (Wildman–Crippen LogP) is 3.40. The van der Waals surface area contributed by atoms with Gasteiger partial charge >= 0.3 is 0 Å². The number of nitrogens with zero attached hydrogens (tertiary/aromatic N) is 6. The van der Waals surface area contributed by atoms with Crippen molar-refractivity contribution in [2.24, 2.45) is 0 Å². The number of hydrogen-bond acceptors (Lipinski definition) is 7. The Bertz CT molecular complexity index is 1160. The third-order valence-electron chi connectivity index (χ3n) is 7.54. The van der Waals surface area contributed by atoms with Gasteiger partial charge in [-0.3, -0.25) is 4.90 Å². The molecule has 0 unspecified atom stereocenters. The minimum absolute atomic E-state index is 0.216. The van der Waals surface area contributed by atoms with Crippen molar-refractivity contribution in [2.45, 2.75) is 56.0 Å². The van der Waals surface area contributed by atoms with Gasteiger partial charge in [0.1, 0.15) is 5.82 Å². The minimum atomic E-state index is -3.66. The van der Waals surface area contributed by atoms with Crippen molar-refractivity contribution >= 4 is 33.4 Å². The van der Waals surface area contributed by atoms with Crippen LogP contribution in [0.5, 0.6) is 0 Å². The van der Waals surface area contributed by atoms with Crippen LogP contribution in [0.15, 0.2) is 29.2 Å². The first-order valence-electron chi connectivity index (χ1n) is 12.6. The third kappa shape index (κ3) is 5.14. The van der Waals surface area contributed by atoms with E-state index in [0.717, 1.165) is 55.2 Å². The molecule has 0 radical (unpaired) electrons. The van der Waals surface area contributed by atoms with E-state index in [-0.39, 0.29) is 11.4 Å². The van der Waals surface area contributed by atoms with Crippen LogP contribution in [0.4, 0.5) is 11.8 Å². The van der Waals surface area contributed by atoms with Crippen LogP contribution in [-0.2, 0) is 23.0 Å². The fraction of sp³-hybridized carbons (Fsp3) is 0.600. The first kappa shape index (κ1) is 24.7. The van der Waals surface area contributed by atoms with Crippen molar-refractivity contribution in [1.29, 1.82) is 0 Å². The fourth-order valence-electron chi connectivity index (χ4n) is 5.59. The first-order valence-corrected chi connectivity index (χ1v) is 14.5. The lowest BCUT2D eigenvalue weighted by Crippen LogP contribution is -2.51. The zero-order valence-corrected chi connectivity index (χ0v) is 22.2. The first-order chi connectivity index (χ1) is 16.8. The molecule has 35 heavy (non-hydrogen) atoms. The number of piperazine rings is 1. The molecule has 3 aliphatic rings. The molecule has 1 saturated heterocycles. The van der Waals surface area contributed by atoms with Gasteiger partial charge in [0.25, 0.3) is 0 Å². The molecule has 190 valence electrons. The number of halogens is 1. The maximum Gasteiger partial charge on any atom is 0.243 e. The van der Waals surface area contributed by atoms with Gasteiger partial charge in [-0.2, -0.15) is 9.29 Å². The summed E-state index contributed by atoms with van der Waals surface area (Å²) in [5, 5.41) is 0.411. The molecule has 2 aliphatic heterocycles. The van der Waals surface area contributed by atoms with Crippen LogP contribution in [0.25, 0.3) is 0 Å². The molecule has 3 heterocycles. The van der Waals surface area contributed by atoms with E-state index in [1.165, 1.54) is 42.5 Å². The molecule has 8 nitrogen and oxygen atoms in total. The summed E-state index contributed by atoms with van der Waals surface area (Å²) in [6.07, 6.45) is 7.31. The molecule has 1 aromatic carbocycles. The van der Waals surface area contributed by atoms with Gasteiger partial charge in [-0.25, -0.2) is 13.4 Å². The highest BCUT2D eigenvalue weighted by Crippen LogP contribution is 2.32. The van der Waals surface area contributed by atoms with Gasteiger partial charge in [0.05, 0.1) is 10.6 Å². The van der Waals surface area contributed by atoms with Crippen molar-refractivity contribution in [3.05, 3.63) is 40.5 Å². The van der Waals surface area contributed by atoms with E-state index in [2.05, 4.69) is 9.80 Å². The van der Waals surface area contributed by atoms with E-state index in [4.69, 9.17) is 21.6 Å². The lowest BCUT2D eigenvalue weighted by Gasteiger charge is -2.41. The predicted molar refractivity (Wildman–Crippen MR) is 140 cm³/mol. The highest BCUT2D eigenvalue weighted by Gasteiger charge is 2.33. The zero-order chi connectivity index (χ0) is 24.6. The molecule has 2 aromatic rings. The molecular weight excluding hydrogens is 484 g/mol. The Hall–Kier alpha value is -1.94. The number of sulfonamides is 1. The molecule has 1 aliphatic carbocycles. The lowest BCUT2D eigenvalue weighted by molar-refractivity contribution is 0.147. The summed E-state index contributed by atoms with van der Waals surface area (Å²) in [4.78, 5) is 17.0. The minimum Gasteiger partial charge on any atom is -0.362 e. The highest BCUT2D eigenvalue weighted by molar-refractivity contribution is 7.89. The molecular formula is C25H35ClN6O2S. The fourth-order valence-corrected chi connectivity index (χ4v) is 7.30. The summed E-state index contributed by atoms with van der Waals surface area (Å²) >= 11 is 6.06. The lowest BCUT2D eigenvalue weighted by atomic mass is 9.94. The Morgan fingerprint density at radius 2 is 1.74 bits per heavy atom. The van der Waals surface area contributed by atoms with Gasteiger partial charge in [-0.1, -0.05) is 36.9 Å². The van der Waals surface area contributed by atoms with Crippen LogP contribution in [0.2, 0.25) is 5.02 Å². The summed E-state index contributed by atoms with van der Waals surface area (Å²) in [5.74, 6) is 1.56. The standard InChI is InChI=1S/C25H35ClN6O2S/c1-29(2)24-22-18-32(35(33,34)21-10-6-7-19(26)17-21)12-11-23(22)27-25(28-24)31-15-13-30(14-16-31)20-8-4-3-5-9-20/h6-7,10,17,20H,3-5,8-9,11-16,18H2,1-2H3. The second-order valence-corrected chi connectivity index (χ2v) is 12.4. The number of fused-ring (bicyclic) bond motifs is 1. The summed E-state index contributed by atoms with van der Waals surface area (Å²) in [6, 6.07) is 7.18. The van der Waals surface area contributed by atoms with Crippen molar-refractivity contribution in [3.8, 4) is 0 Å². The third-order valence-corrected chi connectivity index (χ3v) is 9.61. The molecule has 0 bridgehead atoms. The van der Waals surface area contributed by atoms with Gasteiger partial charge in [-0.05, 0) is 31.0 Å². The second-order valence-electron chi connectivity index (χ2n) is 10.0. The number of rotatable bonds is 5. The molecule has 0 amide bonds. The zero-order valence-electron chi connectivity index (χ0n) is 20.7. The second kappa shape index (κ2) is 10.2. The Labute approximate surface area is 213 Å². The van der Waals surface area contributed by atoms with Gasteiger partial charge < -0.3 is 9.80 Å². The van der Waals surface area contributed by atoms with E-state index in [9.17, 15) is 8.42 Å². The topological polar surface area (TPSA) is 72.9 Å². The van der Waals surface area contributed by atoms with E-state index < -0.39 is 10.0 Å². The average Bonchev–Trinajstić information content (AvgIpc) is 2.88. The monoisotopic (exact) mass is 518 g/mol.